The number of likely N-dealkylation sites (N-methyl/N-ethyl adjacent to an activating group) is 1. The van der Waals surface area contributed by atoms with Crippen LogP contribution in [0.5, 0.6) is 5.75 Å². The van der Waals surface area contributed by atoms with Crippen molar-refractivity contribution in [3.05, 3.63) is 94.8 Å². The highest BCUT2D eigenvalue weighted by atomic mass is 35.5. The maximum absolute atomic E-state index is 12.3. The van der Waals surface area contributed by atoms with Crippen molar-refractivity contribution in [3.8, 4) is 5.75 Å². The number of ether oxygens (including phenoxy) is 1. The molecule has 2 aromatic carbocycles. The Morgan fingerprint density at radius 2 is 1.81 bits per heavy atom. The summed E-state index contributed by atoms with van der Waals surface area (Å²) in [6.07, 6.45) is 3.57. The molecule has 4 nitrogen and oxygen atoms in total. The van der Waals surface area contributed by atoms with Crippen molar-refractivity contribution in [3.63, 3.8) is 0 Å². The molecule has 0 aliphatic heterocycles. The number of hydrogen-bond acceptors (Lipinski definition) is 3. The van der Waals surface area contributed by atoms with Crippen molar-refractivity contribution in [2.24, 2.45) is 0 Å². The fourth-order valence-corrected chi connectivity index (χ4v) is 2.64. The number of hydrogen-bond donors (Lipinski definition) is 1. The molecule has 0 fully saturated rings. The molecule has 0 aliphatic rings. The summed E-state index contributed by atoms with van der Waals surface area (Å²) in [7, 11) is 1.61. The molecule has 27 heavy (non-hydrogen) atoms. The molecule has 0 aliphatic carbocycles. The van der Waals surface area contributed by atoms with E-state index in [0.717, 1.165) is 16.8 Å². The van der Waals surface area contributed by atoms with E-state index in [-0.39, 0.29) is 5.91 Å². The maximum Gasteiger partial charge on any atom is 0.251 e. The molecule has 3 rings (SSSR count). The Morgan fingerprint density at radius 3 is 2.44 bits per heavy atom. The first-order chi connectivity index (χ1) is 13.2. The lowest BCUT2D eigenvalue weighted by Crippen LogP contribution is -2.19. The van der Waals surface area contributed by atoms with Gasteiger partial charge in [-0.05, 0) is 53.6 Å². The summed E-state index contributed by atoms with van der Waals surface area (Å²) in [5.41, 5.74) is 3.12. The second-order valence-electron chi connectivity index (χ2n) is 5.82. The maximum atomic E-state index is 12.3. The van der Waals surface area contributed by atoms with Gasteiger partial charge in [0.15, 0.2) is 0 Å². The standard InChI is InChI=1S/C22H19ClN2O2/c1-24-22(26)21(14-16-5-9-18(23)10-6-16)17-7-11-20(12-8-17)27-15-19-4-2-3-13-25-19/h2-14H,15H2,1H3,(H,24,26)/b21-14+. The Hall–Kier alpha value is -3.11. The van der Waals surface area contributed by atoms with E-state index < -0.39 is 0 Å². The van der Waals surface area contributed by atoms with Crippen LogP contribution in [0.15, 0.2) is 72.9 Å². The molecule has 0 bridgehead atoms. The quantitative estimate of drug-likeness (QED) is 0.503. The van der Waals surface area contributed by atoms with Crippen LogP contribution in [0.4, 0.5) is 0 Å². The van der Waals surface area contributed by atoms with Crippen LogP contribution in [0, 0.1) is 0 Å². The average Bonchev–Trinajstić information content (AvgIpc) is 2.72. The Kier molecular flexibility index (Phi) is 6.23. The van der Waals surface area contributed by atoms with Crippen LogP contribution in [0.1, 0.15) is 16.8 Å². The summed E-state index contributed by atoms with van der Waals surface area (Å²) in [6, 6.07) is 20.5. The van der Waals surface area contributed by atoms with Crippen LogP contribution < -0.4 is 10.1 Å². The van der Waals surface area contributed by atoms with Crippen LogP contribution in [0.25, 0.3) is 11.6 Å². The van der Waals surface area contributed by atoms with Crippen LogP contribution in [0.2, 0.25) is 5.02 Å². The monoisotopic (exact) mass is 378 g/mol. The number of halogens is 1. The second-order valence-corrected chi connectivity index (χ2v) is 6.26. The molecule has 5 heteroatoms. The van der Waals surface area contributed by atoms with Gasteiger partial charge in [0, 0.05) is 23.8 Å². The van der Waals surface area contributed by atoms with E-state index in [1.165, 1.54) is 0 Å². The minimum atomic E-state index is -0.160. The van der Waals surface area contributed by atoms with E-state index >= 15 is 0 Å². The van der Waals surface area contributed by atoms with E-state index in [1.54, 1.807) is 25.4 Å². The largest absolute Gasteiger partial charge is 0.487 e. The number of rotatable bonds is 6. The zero-order valence-corrected chi connectivity index (χ0v) is 15.6. The number of carbonyl (C=O) groups excluding carboxylic acids is 1. The lowest BCUT2D eigenvalue weighted by Gasteiger charge is -2.09. The summed E-state index contributed by atoms with van der Waals surface area (Å²) in [5.74, 6) is 0.555. The third kappa shape index (κ3) is 5.19. The van der Waals surface area contributed by atoms with Gasteiger partial charge in [0.1, 0.15) is 12.4 Å². The van der Waals surface area contributed by atoms with Crippen molar-refractivity contribution in [2.75, 3.05) is 7.05 Å². The summed E-state index contributed by atoms with van der Waals surface area (Å²) >= 11 is 5.93. The van der Waals surface area contributed by atoms with Gasteiger partial charge in [-0.2, -0.15) is 0 Å². The molecule has 1 amide bonds. The molecule has 0 unspecified atom stereocenters. The predicted octanol–water partition coefficient (Wildman–Crippen LogP) is 4.60. The molecule has 136 valence electrons. The SMILES string of the molecule is CNC(=O)/C(=C/c1ccc(Cl)cc1)c1ccc(OCc2ccccn2)cc1. The van der Waals surface area contributed by atoms with Gasteiger partial charge in [-0.1, -0.05) is 41.9 Å². The highest BCUT2D eigenvalue weighted by molar-refractivity contribution is 6.30. The predicted molar refractivity (Wildman–Crippen MR) is 108 cm³/mol. The smallest absolute Gasteiger partial charge is 0.251 e. The number of nitrogens with one attached hydrogen (secondary N) is 1. The third-order valence-corrected chi connectivity index (χ3v) is 4.18. The lowest BCUT2D eigenvalue weighted by atomic mass is 10.0. The van der Waals surface area contributed by atoms with Crippen molar-refractivity contribution in [2.45, 2.75) is 6.61 Å². The molecule has 1 N–H and O–H groups in total. The fraction of sp³-hybridized carbons (Fsp3) is 0.0909. The van der Waals surface area contributed by atoms with Gasteiger partial charge in [0.05, 0.1) is 5.69 Å². The van der Waals surface area contributed by atoms with Crippen molar-refractivity contribution in [1.82, 2.24) is 10.3 Å². The van der Waals surface area contributed by atoms with Gasteiger partial charge in [0.25, 0.3) is 5.91 Å². The van der Waals surface area contributed by atoms with Gasteiger partial charge < -0.3 is 10.1 Å². The highest BCUT2D eigenvalue weighted by Crippen LogP contribution is 2.23. The fourth-order valence-electron chi connectivity index (χ4n) is 2.51. The second kappa shape index (κ2) is 9.01. The Morgan fingerprint density at radius 1 is 1.07 bits per heavy atom. The van der Waals surface area contributed by atoms with E-state index in [9.17, 15) is 4.79 Å². The van der Waals surface area contributed by atoms with Crippen molar-refractivity contribution < 1.29 is 9.53 Å². The van der Waals surface area contributed by atoms with E-state index in [4.69, 9.17) is 16.3 Å². The van der Waals surface area contributed by atoms with Crippen LogP contribution in [-0.2, 0) is 11.4 Å². The van der Waals surface area contributed by atoms with Gasteiger partial charge in [0.2, 0.25) is 0 Å². The van der Waals surface area contributed by atoms with Crippen LogP contribution >= 0.6 is 11.6 Å². The van der Waals surface area contributed by atoms with E-state index in [1.807, 2.05) is 60.7 Å². The number of nitrogens with zero attached hydrogens (tertiary/aromatic N) is 1. The molecule has 1 heterocycles. The number of amides is 1. The van der Waals surface area contributed by atoms with Crippen LogP contribution in [0.3, 0.4) is 0 Å². The molecular weight excluding hydrogens is 360 g/mol. The van der Waals surface area contributed by atoms with Gasteiger partial charge in [-0.3, -0.25) is 9.78 Å². The minimum absolute atomic E-state index is 0.160. The zero-order chi connectivity index (χ0) is 19.1. The first kappa shape index (κ1) is 18.7. The molecule has 0 atom stereocenters. The molecular formula is C22H19ClN2O2. The van der Waals surface area contributed by atoms with Crippen molar-refractivity contribution in [1.29, 1.82) is 0 Å². The molecule has 3 aromatic rings. The number of aromatic nitrogens is 1. The van der Waals surface area contributed by atoms with Gasteiger partial charge in [-0.25, -0.2) is 0 Å². The number of pyridine rings is 1. The zero-order valence-electron chi connectivity index (χ0n) is 14.9. The highest BCUT2D eigenvalue weighted by Gasteiger charge is 2.11. The Bertz CT molecular complexity index is 921. The summed E-state index contributed by atoms with van der Waals surface area (Å²) in [5, 5.41) is 3.34. The molecule has 0 saturated carbocycles. The van der Waals surface area contributed by atoms with Gasteiger partial charge in [-0.15, -0.1) is 0 Å². The number of carbonyl (C=O) groups is 1. The molecule has 1 aromatic heterocycles. The summed E-state index contributed by atoms with van der Waals surface area (Å²) < 4.78 is 5.75. The Balaban J connectivity index is 1.79. The van der Waals surface area contributed by atoms with Gasteiger partial charge >= 0.3 is 0 Å². The van der Waals surface area contributed by atoms with Crippen LogP contribution in [-0.4, -0.2) is 17.9 Å². The lowest BCUT2D eigenvalue weighted by molar-refractivity contribution is -0.115. The minimum Gasteiger partial charge on any atom is -0.487 e. The Labute approximate surface area is 163 Å². The third-order valence-electron chi connectivity index (χ3n) is 3.93. The average molecular weight is 379 g/mol. The first-order valence-electron chi connectivity index (χ1n) is 8.48. The molecule has 0 saturated heterocycles. The van der Waals surface area contributed by atoms with Crippen molar-refractivity contribution >= 4 is 29.2 Å². The molecule has 0 spiro atoms. The molecule has 0 radical (unpaired) electrons. The summed E-state index contributed by atoms with van der Waals surface area (Å²) in [4.78, 5) is 16.6. The van der Waals surface area contributed by atoms with E-state index in [0.29, 0.717) is 23.0 Å². The van der Waals surface area contributed by atoms with E-state index in [2.05, 4.69) is 10.3 Å². The first-order valence-corrected chi connectivity index (χ1v) is 8.86. The topological polar surface area (TPSA) is 51.2 Å². The number of benzene rings is 2. The normalized spacial score (nSPS) is 11.1. The summed E-state index contributed by atoms with van der Waals surface area (Å²) in [6.45, 7) is 0.392.